The van der Waals surface area contributed by atoms with Crippen molar-refractivity contribution in [2.75, 3.05) is 13.2 Å². The maximum Gasteiger partial charge on any atom is 0.121 e. The Bertz CT molecular complexity index is 864. The normalized spacial score (nSPS) is 14.5. The summed E-state index contributed by atoms with van der Waals surface area (Å²) in [5, 5.41) is 32.2. The van der Waals surface area contributed by atoms with Crippen molar-refractivity contribution in [1.82, 2.24) is 4.98 Å². The van der Waals surface area contributed by atoms with Crippen LogP contribution in [0.4, 0.5) is 5.69 Å². The van der Waals surface area contributed by atoms with Crippen LogP contribution in [-0.4, -0.2) is 28.4 Å². The van der Waals surface area contributed by atoms with E-state index >= 15 is 0 Å². The molecular weight excluding hydrogens is 308 g/mol. The van der Waals surface area contributed by atoms with E-state index in [-0.39, 0.29) is 11.0 Å². The smallest absolute Gasteiger partial charge is 0.121 e. The number of aromatic nitrogens is 1. The highest BCUT2D eigenvalue weighted by atomic mass is 16.6. The average molecular weight is 327 g/mol. The molecule has 1 aliphatic rings. The number of nitrogens with zero attached hydrogens (tertiary/aromatic N) is 2. The van der Waals surface area contributed by atoms with E-state index < -0.39 is 18.7 Å². The molecule has 6 heteroatoms. The van der Waals surface area contributed by atoms with Gasteiger partial charge in [0.2, 0.25) is 0 Å². The van der Waals surface area contributed by atoms with Crippen LogP contribution in [0.5, 0.6) is 0 Å². The van der Waals surface area contributed by atoms with Crippen molar-refractivity contribution < 1.29 is 20.1 Å². The van der Waals surface area contributed by atoms with E-state index in [1.54, 1.807) is 6.07 Å². The third-order valence-corrected chi connectivity index (χ3v) is 3.87. The number of benzene rings is 1. The molecule has 0 bridgehead atoms. The van der Waals surface area contributed by atoms with E-state index in [1.807, 2.05) is 31.2 Å². The molecule has 24 heavy (non-hydrogen) atoms. The Morgan fingerprint density at radius 3 is 2.83 bits per heavy atom. The average Bonchev–Trinajstić information content (AvgIpc) is 2.99. The first-order valence-electron chi connectivity index (χ1n) is 7.97. The van der Waals surface area contributed by atoms with E-state index in [4.69, 9.17) is 4.74 Å². The van der Waals surface area contributed by atoms with Gasteiger partial charge in [-0.1, -0.05) is 31.5 Å². The van der Waals surface area contributed by atoms with Gasteiger partial charge in [-0.05, 0) is 25.2 Å². The number of fused-ring (bicyclic) bond motifs is 3. The highest BCUT2D eigenvalue weighted by Crippen LogP contribution is 2.32. The standard InChI is InChI=1S/C18H20N2O4/c1-2-3-8-24-18(23)14-9-12-11-6-4-5-7-13(11)19-16(12)17(20-14)15(22)10-21/h4-7,9,15,21-23H,2-3,8,10H2,1H3/p-1. The number of pyridine rings is 1. The number of hydrogen-bond donors (Lipinski definition) is 2. The van der Waals surface area contributed by atoms with Crippen molar-refractivity contribution in [1.29, 1.82) is 0 Å². The van der Waals surface area contributed by atoms with Gasteiger partial charge in [-0.15, -0.1) is 0 Å². The Kier molecular flexibility index (Phi) is 4.78. The molecule has 1 aromatic carbocycles. The van der Waals surface area contributed by atoms with Crippen LogP contribution >= 0.6 is 0 Å². The van der Waals surface area contributed by atoms with Gasteiger partial charge in [-0.2, -0.15) is 0 Å². The number of ether oxygens (including phenoxy) is 1. The maximum absolute atomic E-state index is 12.2. The minimum atomic E-state index is -1.21. The van der Waals surface area contributed by atoms with Crippen LogP contribution in [0.15, 0.2) is 35.3 Å². The van der Waals surface area contributed by atoms with E-state index in [1.165, 1.54) is 0 Å². The van der Waals surface area contributed by atoms with Crippen LogP contribution in [0.2, 0.25) is 0 Å². The number of unbranched alkanes of at least 4 members (excludes halogenated alkanes) is 1. The number of rotatable bonds is 6. The number of hydrogen-bond acceptors (Lipinski definition) is 6. The predicted octanol–water partition coefficient (Wildman–Crippen LogP) is 0.282. The lowest BCUT2D eigenvalue weighted by molar-refractivity contribution is -0.292. The SMILES string of the molecule is CCCCOC([O-])=c1cc2c(c(C(O)CO)n1)=Nc1ccccc1-2. The molecule has 0 fully saturated rings. The van der Waals surface area contributed by atoms with Crippen molar-refractivity contribution in [3.05, 3.63) is 46.7 Å². The summed E-state index contributed by atoms with van der Waals surface area (Å²) >= 11 is 0. The summed E-state index contributed by atoms with van der Waals surface area (Å²) in [6.07, 6.45) is 0.493. The van der Waals surface area contributed by atoms with Crippen molar-refractivity contribution in [2.45, 2.75) is 25.9 Å². The van der Waals surface area contributed by atoms with Crippen LogP contribution in [-0.2, 0) is 4.74 Å². The molecule has 3 rings (SSSR count). The Morgan fingerprint density at radius 2 is 2.08 bits per heavy atom. The van der Waals surface area contributed by atoms with Gasteiger partial charge in [-0.25, -0.2) is 9.98 Å². The summed E-state index contributed by atoms with van der Waals surface area (Å²) in [5.41, 5.74) is 2.51. The molecule has 0 saturated heterocycles. The quantitative estimate of drug-likeness (QED) is 0.634. The summed E-state index contributed by atoms with van der Waals surface area (Å²) in [5.74, 6) is -0.540. The third-order valence-electron chi connectivity index (χ3n) is 3.87. The lowest BCUT2D eigenvalue weighted by Crippen LogP contribution is -2.30. The minimum absolute atomic E-state index is 0.110. The summed E-state index contributed by atoms with van der Waals surface area (Å²) in [6, 6.07) is 9.12. The first kappa shape index (κ1) is 16.4. The first-order chi connectivity index (χ1) is 11.7. The fourth-order valence-corrected chi connectivity index (χ4v) is 2.61. The molecule has 1 unspecified atom stereocenters. The summed E-state index contributed by atoms with van der Waals surface area (Å²) in [7, 11) is 0. The molecule has 1 atom stereocenters. The second kappa shape index (κ2) is 6.98. The summed E-state index contributed by atoms with van der Waals surface area (Å²) < 4.78 is 5.21. The van der Waals surface area contributed by atoms with Crippen LogP contribution in [0, 0.1) is 0 Å². The van der Waals surface area contributed by atoms with Crippen LogP contribution in [0.1, 0.15) is 31.6 Å². The van der Waals surface area contributed by atoms with Crippen LogP contribution in [0.3, 0.4) is 0 Å². The van der Waals surface area contributed by atoms with Crippen molar-refractivity contribution in [3.8, 4) is 11.1 Å². The van der Waals surface area contributed by atoms with Crippen LogP contribution < -0.4 is 15.8 Å². The Hall–Kier alpha value is -2.44. The molecule has 2 N–H and O–H groups in total. The molecule has 2 heterocycles. The Morgan fingerprint density at radius 1 is 1.29 bits per heavy atom. The zero-order valence-electron chi connectivity index (χ0n) is 13.4. The minimum Gasteiger partial charge on any atom is -0.612 e. The van der Waals surface area contributed by atoms with Crippen molar-refractivity contribution in [3.63, 3.8) is 0 Å². The summed E-state index contributed by atoms with van der Waals surface area (Å²) in [4.78, 5) is 8.67. The fraction of sp³-hybridized carbons (Fsp3) is 0.333. The van der Waals surface area contributed by atoms with Crippen molar-refractivity contribution in [2.24, 2.45) is 4.99 Å². The van der Waals surface area contributed by atoms with E-state index in [2.05, 4.69) is 9.98 Å². The largest absolute Gasteiger partial charge is 0.612 e. The molecule has 0 radical (unpaired) electrons. The molecule has 1 aliphatic heterocycles. The molecule has 0 aliphatic carbocycles. The molecule has 0 amide bonds. The lowest BCUT2D eigenvalue weighted by atomic mass is 10.0. The number of para-hydroxylation sites is 1. The van der Waals surface area contributed by atoms with Gasteiger partial charge in [0.15, 0.2) is 0 Å². The van der Waals surface area contributed by atoms with Crippen LogP contribution in [0.25, 0.3) is 17.1 Å². The van der Waals surface area contributed by atoms with Crippen molar-refractivity contribution >= 4 is 11.6 Å². The van der Waals surface area contributed by atoms with Gasteiger partial charge in [0.1, 0.15) is 6.10 Å². The molecule has 1 aromatic heterocycles. The van der Waals surface area contributed by atoms with E-state index in [0.29, 0.717) is 17.5 Å². The Labute approximate surface area is 139 Å². The summed E-state index contributed by atoms with van der Waals surface area (Å²) in [6.45, 7) is 1.84. The molecular formula is C18H19N2O4-. The second-order valence-corrected chi connectivity index (χ2v) is 5.61. The lowest BCUT2D eigenvalue weighted by Gasteiger charge is -2.15. The number of aliphatic hydroxyl groups is 2. The van der Waals surface area contributed by atoms with Gasteiger partial charge in [0.05, 0.1) is 34.6 Å². The first-order valence-corrected chi connectivity index (χ1v) is 7.97. The van der Waals surface area contributed by atoms with Gasteiger partial charge in [0.25, 0.3) is 0 Å². The highest BCUT2D eigenvalue weighted by molar-refractivity contribution is 5.79. The topological polar surface area (TPSA) is 98.0 Å². The van der Waals surface area contributed by atoms with Gasteiger partial charge >= 0.3 is 0 Å². The van der Waals surface area contributed by atoms with Gasteiger partial charge < -0.3 is 20.1 Å². The number of aliphatic hydroxyl groups excluding tert-OH is 2. The van der Waals surface area contributed by atoms with E-state index in [0.717, 1.165) is 24.1 Å². The second-order valence-electron chi connectivity index (χ2n) is 5.61. The highest BCUT2D eigenvalue weighted by Gasteiger charge is 2.20. The predicted molar refractivity (Wildman–Crippen MR) is 86.4 cm³/mol. The molecule has 0 saturated carbocycles. The van der Waals surface area contributed by atoms with E-state index in [9.17, 15) is 15.3 Å². The molecule has 6 nitrogen and oxygen atoms in total. The third kappa shape index (κ3) is 2.98. The zero-order chi connectivity index (χ0) is 17.1. The van der Waals surface area contributed by atoms with Gasteiger partial charge in [-0.3, -0.25) is 0 Å². The fourth-order valence-electron chi connectivity index (χ4n) is 2.61. The van der Waals surface area contributed by atoms with Gasteiger partial charge in [0, 0.05) is 11.1 Å². The zero-order valence-corrected chi connectivity index (χ0v) is 13.4. The maximum atomic E-state index is 12.2. The monoisotopic (exact) mass is 327 g/mol. The molecule has 0 spiro atoms. The molecule has 2 aromatic rings. The molecule has 126 valence electrons. The Balaban J connectivity index is 2.17.